The molecular weight excluding hydrogens is 492 g/mol. The molecule has 0 aliphatic carbocycles. The Morgan fingerprint density at radius 1 is 0.317 bits per heavy atom. The van der Waals surface area contributed by atoms with Crippen molar-refractivity contribution < 1.29 is 0 Å². The van der Waals surface area contributed by atoms with Gasteiger partial charge < -0.3 is 0 Å². The molecule has 0 amide bonds. The molecule has 0 aromatic heterocycles. The zero-order valence-corrected chi connectivity index (χ0v) is 23.2. The summed E-state index contributed by atoms with van der Waals surface area (Å²) >= 11 is 0. The largest absolute Gasteiger partial charge is 0.0557 e. The topological polar surface area (TPSA) is 0 Å². The lowest BCUT2D eigenvalue weighted by Gasteiger charge is -2.26. The van der Waals surface area contributed by atoms with Gasteiger partial charge in [0.1, 0.15) is 0 Å². The van der Waals surface area contributed by atoms with Crippen LogP contribution in [-0.2, 0) is 0 Å². The maximum Gasteiger partial charge on any atom is -0.0000706 e. The van der Waals surface area contributed by atoms with E-state index in [2.05, 4.69) is 112 Å². The van der Waals surface area contributed by atoms with Gasteiger partial charge >= 0.3 is 0 Å². The molecule has 0 unspecified atom stereocenters. The van der Waals surface area contributed by atoms with Crippen LogP contribution in [0.25, 0.3) is 108 Å². The molecule has 0 heterocycles. The maximum atomic E-state index is 2.51. The van der Waals surface area contributed by atoms with Gasteiger partial charge in [0, 0.05) is 0 Å². The van der Waals surface area contributed by atoms with Crippen LogP contribution in [0, 0.1) is 20.8 Å². The molecule has 0 N–H and O–H groups in total. The van der Waals surface area contributed by atoms with Crippen LogP contribution in [0.5, 0.6) is 0 Å². The van der Waals surface area contributed by atoms with Crippen molar-refractivity contribution in [1.82, 2.24) is 0 Å². The predicted molar refractivity (Wildman–Crippen MR) is 180 cm³/mol. The van der Waals surface area contributed by atoms with Gasteiger partial charge in [-0.05, 0) is 158 Å². The highest BCUT2D eigenvalue weighted by atomic mass is 14.3. The van der Waals surface area contributed by atoms with Crippen LogP contribution in [0.15, 0.2) is 91.0 Å². The Labute approximate surface area is 236 Å². The molecule has 11 aromatic carbocycles. The molecule has 41 heavy (non-hydrogen) atoms. The first-order chi connectivity index (χ1) is 20.1. The van der Waals surface area contributed by atoms with Crippen molar-refractivity contribution in [3.8, 4) is 11.1 Å². The Morgan fingerprint density at radius 3 is 1.20 bits per heavy atom. The van der Waals surface area contributed by atoms with Gasteiger partial charge in [-0.3, -0.25) is 0 Å². The second kappa shape index (κ2) is 6.51. The third-order valence-electron chi connectivity index (χ3n) is 10.4. The van der Waals surface area contributed by atoms with Crippen LogP contribution >= 0.6 is 0 Å². The zero-order valence-electron chi connectivity index (χ0n) is 23.2. The van der Waals surface area contributed by atoms with Gasteiger partial charge in [-0.15, -0.1) is 0 Å². The summed E-state index contributed by atoms with van der Waals surface area (Å²) in [6, 6.07) is 35.6. The van der Waals surface area contributed by atoms with Crippen molar-refractivity contribution in [2.45, 2.75) is 20.8 Å². The molecule has 11 aromatic rings. The first-order valence-electron chi connectivity index (χ1n) is 14.7. The van der Waals surface area contributed by atoms with Gasteiger partial charge in [-0.1, -0.05) is 78.4 Å². The molecule has 0 bridgehead atoms. The number of benzene rings is 11. The van der Waals surface area contributed by atoms with E-state index in [9.17, 15) is 0 Å². The molecule has 0 aliphatic heterocycles. The van der Waals surface area contributed by atoms with E-state index in [-0.39, 0.29) is 0 Å². The van der Waals surface area contributed by atoms with E-state index in [1.807, 2.05) is 0 Å². The van der Waals surface area contributed by atoms with Crippen molar-refractivity contribution in [3.05, 3.63) is 108 Å². The molecule has 0 nitrogen and oxygen atoms in total. The number of hydrogen-bond acceptors (Lipinski definition) is 0. The fourth-order valence-electron chi connectivity index (χ4n) is 9.07. The Morgan fingerprint density at radius 2 is 0.683 bits per heavy atom. The SMILES string of the molecule is Cc1cc(C)c(-c2cc3ccc4ccc5cc6ccc7ccc8ccc9cc2c2c3c4c5c3c6c7c8c9c23)c(C)c1. The molecule has 0 fully saturated rings. The summed E-state index contributed by atoms with van der Waals surface area (Å²) in [6.45, 7) is 6.78. The quantitative estimate of drug-likeness (QED) is 0.150. The predicted octanol–water partition coefficient (Wildman–Crippen LogP) is 11.8. The third-order valence-corrected chi connectivity index (χ3v) is 10.4. The summed E-state index contributed by atoms with van der Waals surface area (Å²) in [5.41, 5.74) is 6.77. The Balaban J connectivity index is 1.57. The van der Waals surface area contributed by atoms with Gasteiger partial charge in [-0.25, -0.2) is 0 Å². The number of hydrogen-bond donors (Lipinski definition) is 0. The summed E-state index contributed by atoms with van der Waals surface area (Å²) < 4.78 is 0. The van der Waals surface area contributed by atoms with Gasteiger partial charge in [0.15, 0.2) is 0 Å². The summed E-state index contributed by atoms with van der Waals surface area (Å²) in [4.78, 5) is 0. The van der Waals surface area contributed by atoms with Crippen molar-refractivity contribution in [1.29, 1.82) is 0 Å². The Bertz CT molecular complexity index is 2810. The van der Waals surface area contributed by atoms with E-state index in [1.54, 1.807) is 0 Å². The first-order valence-corrected chi connectivity index (χ1v) is 14.7. The summed E-state index contributed by atoms with van der Waals surface area (Å²) in [5.74, 6) is 0. The maximum absolute atomic E-state index is 2.51. The van der Waals surface area contributed by atoms with E-state index in [4.69, 9.17) is 0 Å². The van der Waals surface area contributed by atoms with Crippen LogP contribution in [0.3, 0.4) is 0 Å². The van der Waals surface area contributed by atoms with Gasteiger partial charge in [0.2, 0.25) is 0 Å². The molecule has 0 spiro atoms. The van der Waals surface area contributed by atoms with E-state index in [0.717, 1.165) is 0 Å². The van der Waals surface area contributed by atoms with Crippen LogP contribution in [-0.4, -0.2) is 0 Å². The monoisotopic (exact) mass is 516 g/mol. The molecule has 0 heteroatoms. The lowest BCUT2D eigenvalue weighted by atomic mass is 9.76. The lowest BCUT2D eigenvalue weighted by molar-refractivity contribution is 1.32. The highest BCUT2D eigenvalue weighted by Gasteiger charge is 2.27. The van der Waals surface area contributed by atoms with Crippen LogP contribution in [0.4, 0.5) is 0 Å². The highest BCUT2D eigenvalue weighted by molar-refractivity contribution is 6.53. The third kappa shape index (κ3) is 2.20. The van der Waals surface area contributed by atoms with E-state index in [1.165, 1.54) is 125 Å². The molecule has 0 atom stereocenters. The van der Waals surface area contributed by atoms with E-state index in [0.29, 0.717) is 0 Å². The fraction of sp³-hybridized carbons (Fsp3) is 0.0732. The van der Waals surface area contributed by atoms with Gasteiger partial charge in [0.05, 0.1) is 0 Å². The molecule has 0 saturated heterocycles. The molecule has 0 radical (unpaired) electrons. The summed E-state index contributed by atoms with van der Waals surface area (Å²) in [7, 11) is 0. The van der Waals surface area contributed by atoms with Crippen LogP contribution in [0.1, 0.15) is 16.7 Å². The minimum atomic E-state index is 1.33. The van der Waals surface area contributed by atoms with Crippen LogP contribution < -0.4 is 0 Å². The van der Waals surface area contributed by atoms with Crippen molar-refractivity contribution in [3.63, 3.8) is 0 Å². The van der Waals surface area contributed by atoms with Crippen LogP contribution in [0.2, 0.25) is 0 Å². The molecule has 0 saturated carbocycles. The average molecular weight is 517 g/mol. The normalized spacial score (nSPS) is 13.2. The van der Waals surface area contributed by atoms with Gasteiger partial charge in [0.25, 0.3) is 0 Å². The lowest BCUT2D eigenvalue weighted by Crippen LogP contribution is -1.98. The fourth-order valence-corrected chi connectivity index (χ4v) is 9.07. The Hall–Kier alpha value is -4.94. The minimum absolute atomic E-state index is 1.33. The Kier molecular flexibility index (Phi) is 3.32. The summed E-state index contributed by atoms with van der Waals surface area (Å²) in [5, 5.41) is 25.2. The number of aryl methyl sites for hydroxylation is 3. The molecule has 188 valence electrons. The molecule has 0 aliphatic rings. The van der Waals surface area contributed by atoms with Crippen molar-refractivity contribution in [2.24, 2.45) is 0 Å². The number of rotatable bonds is 1. The highest BCUT2D eigenvalue weighted by Crippen LogP contribution is 2.56. The second-order valence-corrected chi connectivity index (χ2v) is 12.6. The summed E-state index contributed by atoms with van der Waals surface area (Å²) in [6.07, 6.45) is 0. The van der Waals surface area contributed by atoms with Crippen molar-refractivity contribution in [2.75, 3.05) is 0 Å². The first kappa shape index (κ1) is 20.9. The molecular formula is C41H24. The van der Waals surface area contributed by atoms with Gasteiger partial charge in [-0.2, -0.15) is 0 Å². The zero-order chi connectivity index (χ0) is 26.9. The molecule has 11 rings (SSSR count). The second-order valence-electron chi connectivity index (χ2n) is 12.6. The van der Waals surface area contributed by atoms with E-state index < -0.39 is 0 Å². The smallest absolute Gasteiger partial charge is 0.0000706 e. The van der Waals surface area contributed by atoms with Crippen molar-refractivity contribution >= 4 is 97.0 Å². The van der Waals surface area contributed by atoms with E-state index >= 15 is 0 Å². The minimum Gasteiger partial charge on any atom is -0.0557 e. The average Bonchev–Trinajstić information content (AvgIpc) is 2.97. The standard InChI is InChI=1S/C41H24/c1-19-14-20(2)31(21(3)15-19)29-17-27-12-8-24-7-11-26-16-25-10-6-22-4-5-23-9-13-28-18-30(29)39-35(27)34(24)37(26)40-36(25)32(22)33(23)38(28)41(39)40/h4-18H,1-3H3.